The highest BCUT2D eigenvalue weighted by molar-refractivity contribution is 6.31. The van der Waals surface area contributed by atoms with Crippen LogP contribution in [0.2, 0.25) is 5.02 Å². The molecule has 1 unspecified atom stereocenters. The van der Waals surface area contributed by atoms with E-state index in [0.29, 0.717) is 24.8 Å². The SMILES string of the molecule is CCOC(OCC)C1(c2ccc(C)cc2Cl)CO1. The molecule has 1 fully saturated rings. The first-order valence-corrected chi connectivity index (χ1v) is 6.65. The Kier molecular flexibility index (Phi) is 4.28. The summed E-state index contributed by atoms with van der Waals surface area (Å²) in [6.45, 7) is 7.65. The third kappa shape index (κ3) is 2.54. The monoisotopic (exact) mass is 270 g/mol. The third-order valence-corrected chi connectivity index (χ3v) is 3.37. The summed E-state index contributed by atoms with van der Waals surface area (Å²) < 4.78 is 16.9. The predicted molar refractivity (Wildman–Crippen MR) is 70.9 cm³/mol. The summed E-state index contributed by atoms with van der Waals surface area (Å²) in [5, 5.41) is 0.705. The van der Waals surface area contributed by atoms with Gasteiger partial charge in [0.25, 0.3) is 0 Å². The number of hydrogen-bond donors (Lipinski definition) is 0. The Morgan fingerprint density at radius 1 is 1.33 bits per heavy atom. The Bertz CT molecular complexity index is 410. The van der Waals surface area contributed by atoms with E-state index in [4.69, 9.17) is 25.8 Å². The minimum absolute atomic E-state index is 0.396. The zero-order valence-corrected chi connectivity index (χ0v) is 11.8. The summed E-state index contributed by atoms with van der Waals surface area (Å²) in [6.07, 6.45) is -0.396. The van der Waals surface area contributed by atoms with E-state index < -0.39 is 11.9 Å². The van der Waals surface area contributed by atoms with Gasteiger partial charge in [0, 0.05) is 23.8 Å². The van der Waals surface area contributed by atoms with Gasteiger partial charge < -0.3 is 14.2 Å². The summed E-state index contributed by atoms with van der Waals surface area (Å²) in [5.41, 5.74) is 1.54. The average Bonchev–Trinajstić information content (AvgIpc) is 3.10. The predicted octanol–water partition coefficient (Wildman–Crippen LogP) is 3.27. The fourth-order valence-corrected chi connectivity index (χ4v) is 2.47. The van der Waals surface area contributed by atoms with Crippen molar-refractivity contribution in [3.05, 3.63) is 34.3 Å². The van der Waals surface area contributed by atoms with Gasteiger partial charge >= 0.3 is 0 Å². The van der Waals surface area contributed by atoms with Crippen molar-refractivity contribution in [2.45, 2.75) is 32.7 Å². The van der Waals surface area contributed by atoms with Gasteiger partial charge in [-0.05, 0) is 32.4 Å². The highest BCUT2D eigenvalue weighted by Gasteiger charge is 2.56. The van der Waals surface area contributed by atoms with Crippen LogP contribution in [-0.4, -0.2) is 26.1 Å². The standard InChI is InChI=1S/C14H19ClO3/c1-4-16-13(17-5-2)14(9-18-14)11-7-6-10(3)8-12(11)15/h6-8,13H,4-5,9H2,1-3H3. The van der Waals surface area contributed by atoms with Crippen molar-refractivity contribution in [2.75, 3.05) is 19.8 Å². The summed E-state index contributed by atoms with van der Waals surface area (Å²) in [4.78, 5) is 0. The molecule has 1 atom stereocenters. The van der Waals surface area contributed by atoms with Crippen molar-refractivity contribution >= 4 is 11.6 Å². The molecule has 0 radical (unpaired) electrons. The fourth-order valence-electron chi connectivity index (χ4n) is 2.08. The average molecular weight is 271 g/mol. The zero-order chi connectivity index (χ0) is 13.2. The molecule has 0 bridgehead atoms. The largest absolute Gasteiger partial charge is 0.359 e. The molecule has 1 aliphatic heterocycles. The molecule has 0 amide bonds. The lowest BCUT2D eigenvalue weighted by atomic mass is 9.98. The third-order valence-electron chi connectivity index (χ3n) is 3.05. The van der Waals surface area contributed by atoms with Crippen molar-refractivity contribution in [3.63, 3.8) is 0 Å². The highest BCUT2D eigenvalue weighted by Crippen LogP contribution is 2.46. The van der Waals surface area contributed by atoms with Gasteiger partial charge in [0.2, 0.25) is 0 Å². The lowest BCUT2D eigenvalue weighted by molar-refractivity contribution is -0.176. The second kappa shape index (κ2) is 5.57. The Labute approximate surface area is 113 Å². The first-order valence-electron chi connectivity index (χ1n) is 6.28. The molecule has 0 N–H and O–H groups in total. The topological polar surface area (TPSA) is 31.0 Å². The molecule has 0 aromatic heterocycles. The van der Waals surface area contributed by atoms with Crippen LogP contribution in [0.15, 0.2) is 18.2 Å². The van der Waals surface area contributed by atoms with Crippen molar-refractivity contribution in [2.24, 2.45) is 0 Å². The summed E-state index contributed by atoms with van der Waals surface area (Å²) >= 11 is 6.31. The second-order valence-corrected chi connectivity index (χ2v) is 4.81. The molecule has 0 saturated carbocycles. The summed E-state index contributed by atoms with van der Waals surface area (Å²) in [5.74, 6) is 0. The first kappa shape index (κ1) is 13.8. The number of benzene rings is 1. The van der Waals surface area contributed by atoms with Crippen LogP contribution in [0, 0.1) is 6.92 Å². The van der Waals surface area contributed by atoms with Crippen LogP contribution >= 0.6 is 11.6 Å². The maximum Gasteiger partial charge on any atom is 0.193 e. The van der Waals surface area contributed by atoms with Gasteiger partial charge in [-0.3, -0.25) is 0 Å². The minimum atomic E-state index is -0.531. The van der Waals surface area contributed by atoms with Gasteiger partial charge in [-0.25, -0.2) is 0 Å². The minimum Gasteiger partial charge on any atom is -0.359 e. The van der Waals surface area contributed by atoms with Crippen LogP contribution < -0.4 is 0 Å². The number of aryl methyl sites for hydroxylation is 1. The van der Waals surface area contributed by atoms with Gasteiger partial charge in [0.05, 0.1) is 6.61 Å². The van der Waals surface area contributed by atoms with E-state index in [1.807, 2.05) is 39.0 Å². The molecule has 2 rings (SSSR count). The van der Waals surface area contributed by atoms with E-state index in [-0.39, 0.29) is 0 Å². The summed E-state index contributed by atoms with van der Waals surface area (Å²) in [7, 11) is 0. The molecule has 4 heteroatoms. The van der Waals surface area contributed by atoms with E-state index in [0.717, 1.165) is 11.1 Å². The molecule has 1 aromatic carbocycles. The second-order valence-electron chi connectivity index (χ2n) is 4.40. The molecule has 100 valence electrons. The van der Waals surface area contributed by atoms with Crippen LogP contribution in [0.1, 0.15) is 25.0 Å². The zero-order valence-electron chi connectivity index (χ0n) is 11.0. The molecule has 1 aliphatic rings. The van der Waals surface area contributed by atoms with Gasteiger partial charge in [0.15, 0.2) is 11.9 Å². The van der Waals surface area contributed by atoms with Crippen molar-refractivity contribution in [3.8, 4) is 0 Å². The normalized spacial score (nSPS) is 22.5. The number of hydrogen-bond acceptors (Lipinski definition) is 3. The molecule has 1 aromatic rings. The van der Waals surface area contributed by atoms with E-state index in [2.05, 4.69) is 0 Å². The quantitative estimate of drug-likeness (QED) is 0.587. The lowest BCUT2D eigenvalue weighted by Crippen LogP contribution is -2.33. The van der Waals surface area contributed by atoms with Gasteiger partial charge in [-0.1, -0.05) is 23.7 Å². The Hall–Kier alpha value is -0.610. The molecule has 1 heterocycles. The maximum absolute atomic E-state index is 6.31. The highest BCUT2D eigenvalue weighted by atomic mass is 35.5. The molecule has 3 nitrogen and oxygen atoms in total. The van der Waals surface area contributed by atoms with Crippen molar-refractivity contribution in [1.82, 2.24) is 0 Å². The van der Waals surface area contributed by atoms with Crippen LogP contribution in [0.5, 0.6) is 0 Å². The fraction of sp³-hybridized carbons (Fsp3) is 0.571. The molecular formula is C14H19ClO3. The number of halogens is 1. The van der Waals surface area contributed by atoms with E-state index in [1.54, 1.807) is 0 Å². The molecule has 0 aliphatic carbocycles. The van der Waals surface area contributed by atoms with E-state index in [9.17, 15) is 0 Å². The van der Waals surface area contributed by atoms with Crippen LogP contribution in [0.4, 0.5) is 0 Å². The molecule has 0 spiro atoms. The van der Waals surface area contributed by atoms with Crippen LogP contribution in [0.25, 0.3) is 0 Å². The van der Waals surface area contributed by atoms with Crippen molar-refractivity contribution in [1.29, 1.82) is 0 Å². The number of epoxide rings is 1. The van der Waals surface area contributed by atoms with Gasteiger partial charge in [-0.15, -0.1) is 0 Å². The Balaban J connectivity index is 2.28. The number of rotatable bonds is 6. The van der Waals surface area contributed by atoms with E-state index in [1.165, 1.54) is 0 Å². The summed E-state index contributed by atoms with van der Waals surface area (Å²) in [6, 6.07) is 5.96. The van der Waals surface area contributed by atoms with Crippen LogP contribution in [0.3, 0.4) is 0 Å². The maximum atomic E-state index is 6.31. The first-order chi connectivity index (χ1) is 8.64. The van der Waals surface area contributed by atoms with Gasteiger partial charge in [-0.2, -0.15) is 0 Å². The van der Waals surface area contributed by atoms with Crippen LogP contribution in [-0.2, 0) is 19.8 Å². The Morgan fingerprint density at radius 2 is 1.94 bits per heavy atom. The smallest absolute Gasteiger partial charge is 0.193 e. The van der Waals surface area contributed by atoms with E-state index >= 15 is 0 Å². The molecule has 1 saturated heterocycles. The Morgan fingerprint density at radius 3 is 2.39 bits per heavy atom. The molecule has 18 heavy (non-hydrogen) atoms. The number of ether oxygens (including phenoxy) is 3. The molecular weight excluding hydrogens is 252 g/mol. The van der Waals surface area contributed by atoms with Crippen molar-refractivity contribution < 1.29 is 14.2 Å². The van der Waals surface area contributed by atoms with Gasteiger partial charge in [0.1, 0.15) is 0 Å². The lowest BCUT2D eigenvalue weighted by Gasteiger charge is -2.25.